The Balaban J connectivity index is 1.91. The molecule has 2 heterocycles. The van der Waals surface area contributed by atoms with Crippen LogP contribution in [0, 0.1) is 15.5 Å². The van der Waals surface area contributed by atoms with E-state index in [1.807, 2.05) is 67.5 Å². The van der Waals surface area contributed by atoms with Gasteiger partial charge in [0.05, 0.1) is 48.1 Å². The van der Waals surface area contributed by atoms with E-state index in [9.17, 15) is 23.3 Å². The van der Waals surface area contributed by atoms with Gasteiger partial charge in [-0.05, 0) is 76.5 Å². The Labute approximate surface area is 352 Å². The molecule has 0 saturated carbocycles. The molecule has 1 aromatic heterocycles. The normalized spacial score (nSPS) is 18.5. The highest BCUT2D eigenvalue weighted by molar-refractivity contribution is 7.87. The van der Waals surface area contributed by atoms with Crippen molar-refractivity contribution in [2.45, 2.75) is 175 Å². The van der Waals surface area contributed by atoms with Crippen molar-refractivity contribution in [3.63, 3.8) is 0 Å². The summed E-state index contributed by atoms with van der Waals surface area (Å²) in [5.74, 6) is -0.258. The lowest BCUT2D eigenvalue weighted by Gasteiger charge is -2.39. The van der Waals surface area contributed by atoms with Gasteiger partial charge in [-0.1, -0.05) is 102 Å². The number of nitro groups is 1. The first-order chi connectivity index (χ1) is 27.1. The molecule has 1 fully saturated rings. The maximum absolute atomic E-state index is 14.6. The molecule has 4 atom stereocenters. The van der Waals surface area contributed by atoms with Crippen LogP contribution >= 0.6 is 0 Å². The van der Waals surface area contributed by atoms with Crippen molar-refractivity contribution in [1.82, 2.24) is 9.55 Å². The molecule has 3 aromatic rings. The molecule has 1 aliphatic rings. The Morgan fingerprint density at radius 1 is 0.966 bits per heavy atom. The van der Waals surface area contributed by atoms with E-state index in [0.29, 0.717) is 29.7 Å². The van der Waals surface area contributed by atoms with Crippen LogP contribution in [0.15, 0.2) is 46.2 Å². The average molecular weight is 858 g/mol. The molecule has 0 aliphatic carbocycles. The minimum absolute atomic E-state index is 0.0415. The van der Waals surface area contributed by atoms with E-state index in [0.717, 1.165) is 5.56 Å². The van der Waals surface area contributed by atoms with Crippen molar-refractivity contribution in [2.75, 3.05) is 7.11 Å². The molecule has 0 amide bonds. The van der Waals surface area contributed by atoms with Crippen LogP contribution in [0.4, 0.5) is 5.69 Å². The zero-order valence-corrected chi connectivity index (χ0v) is 39.8. The molecule has 0 bridgehead atoms. The Morgan fingerprint density at radius 3 is 2.03 bits per heavy atom. The zero-order valence-electron chi connectivity index (χ0n) is 38.0. The minimum atomic E-state index is -4.60. The van der Waals surface area contributed by atoms with E-state index in [1.165, 1.54) is 30.0 Å². The molecule has 4 rings (SSSR count). The number of hydrogen-bond donors (Lipinski definition) is 0. The molecular weight excluding hydrogens is 791 g/mol. The number of nitrogens with zero attached hydrogens (tertiary/aromatic N) is 3. The van der Waals surface area contributed by atoms with E-state index in [4.69, 9.17) is 22.8 Å². The minimum Gasteiger partial charge on any atom is -0.497 e. The van der Waals surface area contributed by atoms with Gasteiger partial charge in [-0.15, -0.1) is 0 Å². The molecule has 0 spiro atoms. The number of rotatable bonds is 16. The second kappa shape index (κ2) is 18.1. The van der Waals surface area contributed by atoms with Crippen molar-refractivity contribution in [3.05, 3.63) is 84.9 Å². The fourth-order valence-corrected chi connectivity index (χ4v) is 10.1. The summed E-state index contributed by atoms with van der Waals surface area (Å²) in [5, 5.41) is 12.2. The standard InChI is InChI=1S/C44H67N3O10SSi/c1-17-36-37(57-59(15,16)44(11,12)13)23-38(55-36)46-24-30(25-54-40(43(8,9)10)34-22-31(53-14)18-19-35(34)47(49)50)41(45-42(46)48)56-58(51,52)39-32(27(4)5)20-29(26(2)3)21-33(39)28(6)7/h18-22,24,26-28,36-38,40H,17,23,25H2,1-16H3/t36-,37-,38-,40-/m1/s1. The average Bonchev–Trinajstić information content (AvgIpc) is 3.51. The maximum Gasteiger partial charge on any atom is 0.353 e. The summed E-state index contributed by atoms with van der Waals surface area (Å²) in [4.78, 5) is 30.2. The van der Waals surface area contributed by atoms with Gasteiger partial charge in [0.25, 0.3) is 5.69 Å². The van der Waals surface area contributed by atoms with Gasteiger partial charge >= 0.3 is 15.8 Å². The van der Waals surface area contributed by atoms with Crippen molar-refractivity contribution in [1.29, 1.82) is 0 Å². The van der Waals surface area contributed by atoms with Gasteiger partial charge in [-0.25, -0.2) is 4.79 Å². The number of methoxy groups -OCH3 is 1. The van der Waals surface area contributed by atoms with Gasteiger partial charge in [0.15, 0.2) is 8.32 Å². The summed E-state index contributed by atoms with van der Waals surface area (Å²) < 4.78 is 61.9. The predicted octanol–water partition coefficient (Wildman–Crippen LogP) is 10.7. The maximum atomic E-state index is 14.6. The van der Waals surface area contributed by atoms with Gasteiger partial charge in [-0.2, -0.15) is 13.4 Å². The third-order valence-corrected chi connectivity index (χ3v) is 17.4. The van der Waals surface area contributed by atoms with Crippen LogP contribution in [0.5, 0.6) is 11.6 Å². The van der Waals surface area contributed by atoms with Gasteiger partial charge in [0.1, 0.15) is 16.9 Å². The van der Waals surface area contributed by atoms with Crippen LogP contribution in [0.2, 0.25) is 18.1 Å². The van der Waals surface area contributed by atoms with E-state index >= 15 is 0 Å². The quantitative estimate of drug-likeness (QED) is 0.0584. The first-order valence-corrected chi connectivity index (χ1v) is 25.0. The van der Waals surface area contributed by atoms with E-state index < -0.39 is 52.7 Å². The van der Waals surface area contributed by atoms with Crippen LogP contribution < -0.4 is 14.6 Å². The summed E-state index contributed by atoms with van der Waals surface area (Å²) in [7, 11) is -5.36. The molecule has 1 saturated heterocycles. The summed E-state index contributed by atoms with van der Waals surface area (Å²) in [5.41, 5.74) is 0.952. The highest BCUT2D eigenvalue weighted by Crippen LogP contribution is 2.44. The summed E-state index contributed by atoms with van der Waals surface area (Å²) in [6, 6.07) is 8.26. The predicted molar refractivity (Wildman–Crippen MR) is 233 cm³/mol. The molecular formula is C44H67N3O10SSi. The van der Waals surface area contributed by atoms with E-state index in [2.05, 4.69) is 52.7 Å². The molecule has 13 nitrogen and oxygen atoms in total. The highest BCUT2D eigenvalue weighted by Gasteiger charge is 2.45. The summed E-state index contributed by atoms with van der Waals surface area (Å²) >= 11 is 0. The largest absolute Gasteiger partial charge is 0.497 e. The SMILES string of the molecule is CC[C@H]1O[C@@H](n2cc(CO[C@H](c3cc(OC)ccc3[N+](=O)[O-])C(C)(C)C)c(OS(=O)(=O)c3c(C(C)C)cc(C(C)C)cc3C(C)C)nc2=O)C[C@H]1O[Si](C)(C)C(C)(C)C. The third-order valence-electron chi connectivity index (χ3n) is 11.6. The van der Waals surface area contributed by atoms with Crippen molar-refractivity contribution < 1.29 is 36.2 Å². The second-order valence-electron chi connectivity index (χ2n) is 19.2. The molecule has 59 heavy (non-hydrogen) atoms. The molecule has 1 aliphatic heterocycles. The Bertz CT molecular complexity index is 2120. The van der Waals surface area contributed by atoms with Crippen molar-refractivity contribution >= 4 is 24.1 Å². The van der Waals surface area contributed by atoms with Crippen LogP contribution in [0.25, 0.3) is 0 Å². The van der Waals surface area contributed by atoms with Gasteiger partial charge in [0.2, 0.25) is 5.88 Å². The first-order valence-electron chi connectivity index (χ1n) is 20.6. The van der Waals surface area contributed by atoms with Crippen LogP contribution in [-0.4, -0.2) is 50.5 Å². The molecule has 2 aromatic carbocycles. The zero-order chi connectivity index (χ0) is 44.6. The van der Waals surface area contributed by atoms with Crippen molar-refractivity contribution in [2.24, 2.45) is 5.41 Å². The van der Waals surface area contributed by atoms with Crippen LogP contribution in [-0.2, 0) is 30.6 Å². The third kappa shape index (κ3) is 10.8. The van der Waals surface area contributed by atoms with Gasteiger partial charge < -0.3 is 22.8 Å². The lowest BCUT2D eigenvalue weighted by Crippen LogP contribution is -2.45. The van der Waals surface area contributed by atoms with Crippen LogP contribution in [0.1, 0.15) is 161 Å². The molecule has 15 heteroatoms. The highest BCUT2D eigenvalue weighted by atomic mass is 32.2. The fraction of sp³-hybridized carbons (Fsp3) is 0.636. The smallest absolute Gasteiger partial charge is 0.353 e. The lowest BCUT2D eigenvalue weighted by molar-refractivity contribution is -0.386. The number of benzene rings is 2. The number of hydrogen-bond acceptors (Lipinski definition) is 11. The second-order valence-corrected chi connectivity index (χ2v) is 25.5. The van der Waals surface area contributed by atoms with Crippen molar-refractivity contribution in [3.8, 4) is 11.6 Å². The van der Waals surface area contributed by atoms with E-state index in [1.54, 1.807) is 6.07 Å². The molecule has 0 radical (unpaired) electrons. The summed E-state index contributed by atoms with van der Waals surface area (Å²) in [6.45, 7) is 30.0. The number of ether oxygens (including phenoxy) is 3. The Hall–Kier alpha value is -3.63. The topological polar surface area (TPSA) is 158 Å². The molecule has 0 unspecified atom stereocenters. The first kappa shape index (κ1) is 48.0. The number of aromatic nitrogens is 2. The molecule has 328 valence electrons. The Kier molecular flexibility index (Phi) is 14.8. The van der Waals surface area contributed by atoms with Crippen LogP contribution in [0.3, 0.4) is 0 Å². The monoisotopic (exact) mass is 857 g/mol. The van der Waals surface area contributed by atoms with Gasteiger partial charge in [-0.3, -0.25) is 14.7 Å². The van der Waals surface area contributed by atoms with Gasteiger partial charge in [0, 0.05) is 18.7 Å². The lowest BCUT2D eigenvalue weighted by atomic mass is 9.83. The number of nitro benzene ring substituents is 1. The fourth-order valence-electron chi connectivity index (χ4n) is 7.12. The summed E-state index contributed by atoms with van der Waals surface area (Å²) in [6.07, 6.45) is 0.219. The van der Waals surface area contributed by atoms with E-state index in [-0.39, 0.29) is 63.3 Å². The molecule has 0 N–H and O–H groups in total. The Morgan fingerprint density at radius 2 is 1.56 bits per heavy atom.